The zero-order valence-electron chi connectivity index (χ0n) is 14.4. The van der Waals surface area contributed by atoms with Gasteiger partial charge < -0.3 is 11.1 Å². The number of benzene rings is 1. The van der Waals surface area contributed by atoms with Crippen LogP contribution in [-0.4, -0.2) is 38.0 Å². The monoisotopic (exact) mass is 387 g/mol. The zero-order chi connectivity index (χ0) is 17.3. The van der Waals surface area contributed by atoms with Gasteiger partial charge in [-0.1, -0.05) is 18.6 Å². The molecule has 1 aliphatic heterocycles. The van der Waals surface area contributed by atoms with Crippen molar-refractivity contribution >= 4 is 34.0 Å². The maximum atomic E-state index is 12.6. The van der Waals surface area contributed by atoms with Crippen LogP contribution in [0.4, 0.5) is 5.69 Å². The van der Waals surface area contributed by atoms with Crippen molar-refractivity contribution in [3.63, 3.8) is 0 Å². The molecule has 1 amide bonds. The molecular weight excluding hydrogens is 362 g/mol. The van der Waals surface area contributed by atoms with Crippen molar-refractivity contribution in [1.29, 1.82) is 0 Å². The van der Waals surface area contributed by atoms with Crippen LogP contribution >= 0.6 is 12.4 Å². The summed E-state index contributed by atoms with van der Waals surface area (Å²) in [5.74, 6) is 0.300. The quantitative estimate of drug-likeness (QED) is 0.822. The summed E-state index contributed by atoms with van der Waals surface area (Å²) in [5, 5.41) is 3.07. The molecule has 8 heteroatoms. The molecule has 0 radical (unpaired) electrons. The van der Waals surface area contributed by atoms with E-state index in [9.17, 15) is 13.2 Å². The summed E-state index contributed by atoms with van der Waals surface area (Å²) in [5.41, 5.74) is 8.61. The molecule has 2 aliphatic rings. The highest BCUT2D eigenvalue weighted by molar-refractivity contribution is 7.88. The third-order valence-electron chi connectivity index (χ3n) is 5.26. The molecule has 0 saturated heterocycles. The average Bonchev–Trinajstić information content (AvgIpc) is 3.02. The fourth-order valence-electron chi connectivity index (χ4n) is 3.87. The van der Waals surface area contributed by atoms with Crippen molar-refractivity contribution in [3.05, 3.63) is 29.3 Å². The molecule has 1 fully saturated rings. The number of rotatable bonds is 4. The van der Waals surface area contributed by atoms with Gasteiger partial charge in [0, 0.05) is 24.7 Å². The zero-order valence-corrected chi connectivity index (χ0v) is 16.0. The molecular formula is C17H26ClN3O3S. The molecule has 0 unspecified atom stereocenters. The third kappa shape index (κ3) is 4.34. The molecule has 2 atom stereocenters. The highest BCUT2D eigenvalue weighted by atomic mass is 35.5. The van der Waals surface area contributed by atoms with Gasteiger partial charge in [0.15, 0.2) is 0 Å². The van der Waals surface area contributed by atoms with Gasteiger partial charge in [-0.15, -0.1) is 12.4 Å². The Labute approximate surface area is 155 Å². The third-order valence-corrected chi connectivity index (χ3v) is 6.51. The molecule has 25 heavy (non-hydrogen) atoms. The van der Waals surface area contributed by atoms with Crippen LogP contribution in [0.2, 0.25) is 0 Å². The van der Waals surface area contributed by atoms with Crippen LogP contribution in [0.5, 0.6) is 0 Å². The number of carbonyl (C=O) groups is 1. The number of sulfonamides is 1. The molecule has 140 valence electrons. The number of hydrogen-bond acceptors (Lipinski definition) is 4. The second kappa shape index (κ2) is 8.03. The maximum Gasteiger partial charge on any atom is 0.227 e. The molecule has 0 aromatic heterocycles. The highest BCUT2D eigenvalue weighted by Gasteiger charge is 2.32. The first-order valence-electron chi connectivity index (χ1n) is 8.47. The number of hydrogen-bond donors (Lipinski definition) is 2. The molecule has 1 aliphatic carbocycles. The summed E-state index contributed by atoms with van der Waals surface area (Å²) in [7, 11) is -3.20. The van der Waals surface area contributed by atoms with Gasteiger partial charge in [0.1, 0.15) is 0 Å². The Kier molecular flexibility index (Phi) is 6.48. The Bertz CT molecular complexity index is 739. The van der Waals surface area contributed by atoms with E-state index in [1.807, 2.05) is 18.2 Å². The largest absolute Gasteiger partial charge is 0.330 e. The maximum absolute atomic E-state index is 12.6. The van der Waals surface area contributed by atoms with Crippen molar-refractivity contribution in [1.82, 2.24) is 4.31 Å². The highest BCUT2D eigenvalue weighted by Crippen LogP contribution is 2.33. The smallest absolute Gasteiger partial charge is 0.227 e. The van der Waals surface area contributed by atoms with Crippen LogP contribution in [0.15, 0.2) is 18.2 Å². The Morgan fingerprint density at radius 2 is 2.12 bits per heavy atom. The lowest BCUT2D eigenvalue weighted by Crippen LogP contribution is -2.36. The van der Waals surface area contributed by atoms with Crippen molar-refractivity contribution in [3.8, 4) is 0 Å². The Balaban J connectivity index is 0.00000225. The number of halogens is 1. The standard InChI is InChI=1S/C17H25N3O3S.ClH/c1-24(22,23)20-9-8-14-13(11-20)5-3-7-16(14)19-17(21)15-6-2-4-12(15)10-18;/h3,5,7,12,15H,2,4,6,8-11,18H2,1H3,(H,19,21);1H/t12-,15-;/m1./s1. The molecule has 3 N–H and O–H groups in total. The second-order valence-electron chi connectivity index (χ2n) is 6.81. The minimum absolute atomic E-state index is 0. The molecule has 3 rings (SSSR count). The first kappa shape index (κ1) is 20.2. The van der Waals surface area contributed by atoms with Crippen molar-refractivity contribution in [2.45, 2.75) is 32.2 Å². The van der Waals surface area contributed by atoms with E-state index >= 15 is 0 Å². The van der Waals surface area contributed by atoms with Gasteiger partial charge in [-0.05, 0) is 48.9 Å². The lowest BCUT2D eigenvalue weighted by molar-refractivity contribution is -0.120. The number of fused-ring (bicyclic) bond motifs is 1. The topological polar surface area (TPSA) is 92.5 Å². The van der Waals surface area contributed by atoms with Gasteiger partial charge in [-0.3, -0.25) is 4.79 Å². The van der Waals surface area contributed by atoms with Crippen LogP contribution in [-0.2, 0) is 27.8 Å². The van der Waals surface area contributed by atoms with Crippen LogP contribution in [0, 0.1) is 11.8 Å². The molecule has 0 spiro atoms. The lowest BCUT2D eigenvalue weighted by Gasteiger charge is -2.28. The molecule has 6 nitrogen and oxygen atoms in total. The molecule has 1 aromatic carbocycles. The van der Waals surface area contributed by atoms with Crippen molar-refractivity contribution < 1.29 is 13.2 Å². The summed E-state index contributed by atoms with van der Waals surface area (Å²) in [6, 6.07) is 5.70. The second-order valence-corrected chi connectivity index (χ2v) is 8.79. The Morgan fingerprint density at radius 1 is 1.36 bits per heavy atom. The minimum atomic E-state index is -3.20. The molecule has 0 bridgehead atoms. The lowest BCUT2D eigenvalue weighted by atomic mass is 9.94. The molecule has 1 saturated carbocycles. The van der Waals surface area contributed by atoms with E-state index in [1.54, 1.807) is 0 Å². The number of nitrogens with zero attached hydrogens (tertiary/aromatic N) is 1. The van der Waals surface area contributed by atoms with Crippen LogP contribution < -0.4 is 11.1 Å². The van der Waals surface area contributed by atoms with E-state index in [0.29, 0.717) is 26.1 Å². The summed E-state index contributed by atoms with van der Waals surface area (Å²) in [4.78, 5) is 12.6. The van der Waals surface area contributed by atoms with Crippen molar-refractivity contribution in [2.75, 3.05) is 24.7 Å². The first-order chi connectivity index (χ1) is 11.4. The van der Waals surface area contributed by atoms with E-state index in [4.69, 9.17) is 5.73 Å². The summed E-state index contributed by atoms with van der Waals surface area (Å²) in [6.45, 7) is 1.37. The summed E-state index contributed by atoms with van der Waals surface area (Å²) >= 11 is 0. The minimum Gasteiger partial charge on any atom is -0.330 e. The Hall–Kier alpha value is -1.15. The SMILES string of the molecule is CS(=O)(=O)N1CCc2c(cccc2NC(=O)[C@@H]2CCC[C@@H]2CN)C1.Cl. The number of anilines is 1. The molecule has 1 aromatic rings. The summed E-state index contributed by atoms with van der Waals surface area (Å²) in [6.07, 6.45) is 4.81. The van der Waals surface area contributed by atoms with E-state index in [-0.39, 0.29) is 30.2 Å². The fourth-order valence-corrected chi connectivity index (χ4v) is 4.67. The fraction of sp³-hybridized carbons (Fsp3) is 0.588. The number of nitrogens with one attached hydrogen (secondary N) is 1. The normalized spacial score (nSPS) is 23.6. The van der Waals surface area contributed by atoms with Gasteiger partial charge in [0.05, 0.1) is 6.26 Å². The number of amides is 1. The predicted octanol–water partition coefficient (Wildman–Crippen LogP) is 1.74. The van der Waals surface area contributed by atoms with Crippen LogP contribution in [0.25, 0.3) is 0 Å². The van der Waals surface area contributed by atoms with E-state index < -0.39 is 10.0 Å². The van der Waals surface area contributed by atoms with Crippen LogP contribution in [0.1, 0.15) is 30.4 Å². The van der Waals surface area contributed by atoms with Gasteiger partial charge in [-0.25, -0.2) is 8.42 Å². The number of nitrogens with two attached hydrogens (primary N) is 1. The van der Waals surface area contributed by atoms with Gasteiger partial charge in [-0.2, -0.15) is 4.31 Å². The predicted molar refractivity (Wildman–Crippen MR) is 101 cm³/mol. The van der Waals surface area contributed by atoms with Gasteiger partial charge in [0.2, 0.25) is 15.9 Å². The van der Waals surface area contributed by atoms with E-state index in [0.717, 1.165) is 36.1 Å². The molecule has 1 heterocycles. The first-order valence-corrected chi connectivity index (χ1v) is 10.3. The van der Waals surface area contributed by atoms with Gasteiger partial charge in [0.25, 0.3) is 0 Å². The van der Waals surface area contributed by atoms with E-state index in [2.05, 4.69) is 5.32 Å². The van der Waals surface area contributed by atoms with Gasteiger partial charge >= 0.3 is 0 Å². The summed E-state index contributed by atoms with van der Waals surface area (Å²) < 4.78 is 25.0. The average molecular weight is 388 g/mol. The number of carbonyl (C=O) groups excluding carboxylic acids is 1. The van der Waals surface area contributed by atoms with Crippen LogP contribution in [0.3, 0.4) is 0 Å². The van der Waals surface area contributed by atoms with E-state index in [1.165, 1.54) is 10.6 Å². The van der Waals surface area contributed by atoms with Crippen molar-refractivity contribution in [2.24, 2.45) is 17.6 Å². The Morgan fingerprint density at radius 3 is 2.80 bits per heavy atom.